The number of ether oxygens (including phenoxy) is 1. The van der Waals surface area contributed by atoms with Crippen molar-refractivity contribution in [2.75, 3.05) is 12.4 Å². The third-order valence-electron chi connectivity index (χ3n) is 11.3. The molecule has 2 fully saturated rings. The normalized spacial score (nSPS) is 21.7. The molecule has 9 rings (SSSR count). The zero-order valence-electron chi connectivity index (χ0n) is 29.6. The second-order valence-electron chi connectivity index (χ2n) is 14.3. The maximum absolute atomic E-state index is 14.3. The summed E-state index contributed by atoms with van der Waals surface area (Å²) in [6.07, 6.45) is 3.90. The number of pyridine rings is 2. The van der Waals surface area contributed by atoms with Crippen molar-refractivity contribution in [2.24, 2.45) is 0 Å². The van der Waals surface area contributed by atoms with E-state index >= 15 is 0 Å². The van der Waals surface area contributed by atoms with Crippen molar-refractivity contribution in [3.05, 3.63) is 150 Å². The summed E-state index contributed by atoms with van der Waals surface area (Å²) in [5, 5.41) is 15.7. The zero-order chi connectivity index (χ0) is 39.7. The summed E-state index contributed by atoms with van der Waals surface area (Å²) in [6.45, 7) is 0. The molecule has 2 aliphatic carbocycles. The number of benzene rings is 4. The van der Waals surface area contributed by atoms with Gasteiger partial charge in [0.05, 0.1) is 54.9 Å². The predicted molar refractivity (Wildman–Crippen MR) is 206 cm³/mol. The summed E-state index contributed by atoms with van der Waals surface area (Å²) in [7, 11) is 1.20. The fourth-order valence-corrected chi connectivity index (χ4v) is 9.33. The molecule has 1 N–H and O–H groups in total. The molecule has 0 radical (unpaired) electrons. The summed E-state index contributed by atoms with van der Waals surface area (Å²) < 4.78 is 61.7. The number of amides is 1. The van der Waals surface area contributed by atoms with Gasteiger partial charge in [0.1, 0.15) is 34.9 Å². The standard InChI is InChI=1S/C21H15BrF2N2O4.C20H13BrF2N2O.Fe/c1-30-20(27)21(8-11(9-21)12-4-2-3-5-15(12)23)19-13-6-14(22)16(24)7-17(13)25-10-18(19)26(28)29;21-13-5-12-16(6-15(13)23)24-9-17-18(12)20(19(26)25-17)7-10(8-20)11-3-1-2-4-14(11)22;/h2-7,10-11H,8-9H2,1H3;1-6,9-10H,7-8H2,(H,25,26);. The molecule has 1 spiro atoms. The van der Waals surface area contributed by atoms with Crippen LogP contribution in [0, 0.1) is 33.4 Å². The number of hydrogen-bond acceptors (Lipinski definition) is 7. The first-order valence-electron chi connectivity index (χ1n) is 17.4. The molecule has 292 valence electrons. The van der Waals surface area contributed by atoms with Gasteiger partial charge in [0, 0.05) is 45.5 Å². The summed E-state index contributed by atoms with van der Waals surface area (Å²) in [5.41, 5.74) is 0.937. The molecule has 9 nitrogen and oxygen atoms in total. The van der Waals surface area contributed by atoms with E-state index in [9.17, 15) is 37.3 Å². The Bertz CT molecular complexity index is 2660. The van der Waals surface area contributed by atoms with Crippen LogP contribution in [0.25, 0.3) is 21.8 Å². The Morgan fingerprint density at radius 2 is 1.28 bits per heavy atom. The Labute approximate surface area is 349 Å². The van der Waals surface area contributed by atoms with Gasteiger partial charge in [-0.25, -0.2) is 22.5 Å². The topological polar surface area (TPSA) is 124 Å². The number of carbonyl (C=O) groups excluding carboxylic acids is 2. The van der Waals surface area contributed by atoms with E-state index in [2.05, 4.69) is 47.1 Å². The molecule has 0 saturated heterocycles. The first kappa shape index (κ1) is 40.4. The number of nitrogens with one attached hydrogen (secondary N) is 1. The molecule has 1 aliphatic heterocycles. The Morgan fingerprint density at radius 1 is 0.789 bits per heavy atom. The van der Waals surface area contributed by atoms with E-state index in [0.29, 0.717) is 39.6 Å². The minimum atomic E-state index is -1.37. The van der Waals surface area contributed by atoms with E-state index < -0.39 is 39.2 Å². The van der Waals surface area contributed by atoms with Crippen LogP contribution in [-0.4, -0.2) is 33.9 Å². The molecule has 0 unspecified atom stereocenters. The molecule has 2 saturated carbocycles. The molecule has 16 heteroatoms. The summed E-state index contributed by atoms with van der Waals surface area (Å²) in [4.78, 5) is 45.1. The third kappa shape index (κ3) is 6.60. The van der Waals surface area contributed by atoms with Crippen LogP contribution in [0.15, 0.2) is 94.1 Å². The minimum Gasteiger partial charge on any atom is -0.468 e. The second-order valence-corrected chi connectivity index (χ2v) is 16.0. The average molecular weight is 948 g/mol. The number of anilines is 1. The summed E-state index contributed by atoms with van der Waals surface area (Å²) in [6, 6.07) is 18.5. The number of hydrogen-bond donors (Lipinski definition) is 1. The van der Waals surface area contributed by atoms with Gasteiger partial charge in [0.2, 0.25) is 5.91 Å². The van der Waals surface area contributed by atoms with Crippen LogP contribution in [0.2, 0.25) is 0 Å². The molecular weight excluding hydrogens is 920 g/mol. The van der Waals surface area contributed by atoms with Gasteiger partial charge in [-0.3, -0.25) is 24.7 Å². The van der Waals surface area contributed by atoms with Gasteiger partial charge >= 0.3 is 5.97 Å². The van der Waals surface area contributed by atoms with Gasteiger partial charge in [-0.05, 0) is 105 Å². The van der Waals surface area contributed by atoms with Crippen LogP contribution in [0.3, 0.4) is 0 Å². The number of methoxy groups -OCH3 is 1. The van der Waals surface area contributed by atoms with Crippen LogP contribution in [0.1, 0.15) is 59.8 Å². The van der Waals surface area contributed by atoms with Crippen molar-refractivity contribution in [2.45, 2.75) is 48.3 Å². The zero-order valence-corrected chi connectivity index (χ0v) is 33.8. The van der Waals surface area contributed by atoms with Crippen molar-refractivity contribution in [1.29, 1.82) is 0 Å². The molecule has 1 amide bonds. The number of nitrogens with zero attached hydrogens (tertiary/aromatic N) is 3. The Balaban J connectivity index is 0.000000172. The van der Waals surface area contributed by atoms with Crippen molar-refractivity contribution >= 4 is 76.9 Å². The van der Waals surface area contributed by atoms with E-state index in [0.717, 1.165) is 23.2 Å². The number of esters is 1. The molecule has 3 heterocycles. The quantitative estimate of drug-likeness (QED) is 0.0600. The van der Waals surface area contributed by atoms with Crippen LogP contribution in [0.4, 0.5) is 28.9 Å². The van der Waals surface area contributed by atoms with E-state index in [1.165, 1.54) is 31.4 Å². The number of fused-ring (bicyclic) bond motifs is 5. The number of rotatable bonds is 5. The maximum Gasteiger partial charge on any atom is 0.316 e. The van der Waals surface area contributed by atoms with Crippen molar-refractivity contribution in [1.82, 2.24) is 9.97 Å². The number of aromatic nitrogens is 2. The van der Waals surface area contributed by atoms with E-state index in [-0.39, 0.29) is 80.1 Å². The van der Waals surface area contributed by atoms with Gasteiger partial charge in [0.15, 0.2) is 0 Å². The van der Waals surface area contributed by atoms with Crippen LogP contribution >= 0.6 is 31.9 Å². The van der Waals surface area contributed by atoms with Gasteiger partial charge in [-0.1, -0.05) is 36.4 Å². The van der Waals surface area contributed by atoms with E-state index in [4.69, 9.17) is 4.74 Å². The van der Waals surface area contributed by atoms with Gasteiger partial charge in [-0.15, -0.1) is 0 Å². The van der Waals surface area contributed by atoms with Crippen molar-refractivity contribution < 1.29 is 53.9 Å². The van der Waals surface area contributed by atoms with E-state index in [1.807, 2.05) is 6.07 Å². The Morgan fingerprint density at radius 3 is 1.79 bits per heavy atom. The molecule has 57 heavy (non-hydrogen) atoms. The first-order valence-corrected chi connectivity index (χ1v) is 19.0. The third-order valence-corrected chi connectivity index (χ3v) is 12.5. The SMILES string of the molecule is COC(=O)C1(c2c([N+](=O)[O-])cnc3cc(F)c(Br)cc23)CC(c2ccccc2F)C1.O=C1Nc2cnc3cc(F)c(Br)cc3c2C12CC(c1ccccc1F)C2.[Fe]. The maximum atomic E-state index is 14.3. The number of halogens is 6. The van der Waals surface area contributed by atoms with E-state index in [1.54, 1.807) is 42.6 Å². The van der Waals surface area contributed by atoms with Gasteiger partial charge in [0.25, 0.3) is 5.69 Å². The van der Waals surface area contributed by atoms with Crippen LogP contribution < -0.4 is 5.32 Å². The van der Waals surface area contributed by atoms with Crippen molar-refractivity contribution in [3.8, 4) is 0 Å². The predicted octanol–water partition coefficient (Wildman–Crippen LogP) is 10.2. The van der Waals surface area contributed by atoms with Gasteiger partial charge in [-0.2, -0.15) is 0 Å². The minimum absolute atomic E-state index is 0. The monoisotopic (exact) mass is 946 g/mol. The van der Waals surface area contributed by atoms with Crippen LogP contribution in [-0.2, 0) is 42.2 Å². The molecular formula is C41H28Br2F4FeN4O5. The second kappa shape index (κ2) is 15.2. The van der Waals surface area contributed by atoms with Gasteiger partial charge < -0.3 is 10.1 Å². The molecule has 4 aromatic carbocycles. The smallest absolute Gasteiger partial charge is 0.316 e. The molecule has 3 aliphatic rings. The fraction of sp³-hybridized carbons (Fsp3) is 0.220. The fourth-order valence-electron chi connectivity index (χ4n) is 8.64. The molecule has 6 aromatic rings. The largest absolute Gasteiger partial charge is 0.468 e. The molecule has 2 aromatic heterocycles. The van der Waals surface area contributed by atoms with Crippen LogP contribution in [0.5, 0.6) is 0 Å². The Hall–Kier alpha value is -4.76. The average Bonchev–Trinajstić information content (AvgIpc) is 3.45. The first-order chi connectivity index (χ1) is 26.8. The molecule has 0 atom stereocenters. The number of nitro groups is 1. The Kier molecular flexibility index (Phi) is 10.8. The number of carbonyl (C=O) groups is 2. The molecule has 0 bridgehead atoms. The summed E-state index contributed by atoms with van der Waals surface area (Å²) >= 11 is 6.31. The van der Waals surface area contributed by atoms with Crippen molar-refractivity contribution in [3.63, 3.8) is 0 Å². The summed E-state index contributed by atoms with van der Waals surface area (Å²) in [5.74, 6) is -2.71.